The van der Waals surface area contributed by atoms with Crippen molar-refractivity contribution in [3.8, 4) is 66.8 Å². The summed E-state index contributed by atoms with van der Waals surface area (Å²) in [5.74, 6) is 0. The quantitative estimate of drug-likeness (QED) is 0.140. The molecule has 0 aliphatic carbocycles. The molecule has 2 heteroatoms. The van der Waals surface area contributed by atoms with Crippen LogP contribution in [0.4, 0.5) is 17.1 Å². The van der Waals surface area contributed by atoms with Gasteiger partial charge in [-0.1, -0.05) is 194 Å². The number of fused-ring (bicyclic) bond motifs is 3. The molecular weight excluding hydrogens is 767 g/mol. The van der Waals surface area contributed by atoms with E-state index in [1.807, 2.05) is 11.3 Å². The van der Waals surface area contributed by atoms with Gasteiger partial charge in [-0.15, -0.1) is 11.3 Å². The summed E-state index contributed by atoms with van der Waals surface area (Å²) >= 11 is 1.86. The molecular formula is C60H41NS. The highest BCUT2D eigenvalue weighted by molar-refractivity contribution is 7.25. The van der Waals surface area contributed by atoms with E-state index in [1.165, 1.54) is 81.4 Å². The molecule has 11 aromatic rings. The topological polar surface area (TPSA) is 3.24 Å². The highest BCUT2D eigenvalue weighted by Crippen LogP contribution is 2.46. The molecule has 11 rings (SSSR count). The Labute approximate surface area is 367 Å². The van der Waals surface area contributed by atoms with E-state index in [1.54, 1.807) is 0 Å². The summed E-state index contributed by atoms with van der Waals surface area (Å²) in [6, 6.07) is 90.3. The number of nitrogens with zero attached hydrogens (tertiary/aromatic N) is 1. The van der Waals surface area contributed by atoms with Crippen LogP contribution in [0.2, 0.25) is 0 Å². The lowest BCUT2D eigenvalue weighted by Crippen LogP contribution is -2.11. The molecule has 0 fully saturated rings. The largest absolute Gasteiger partial charge is 0.310 e. The number of anilines is 3. The fourth-order valence-corrected chi connectivity index (χ4v) is 9.97. The monoisotopic (exact) mass is 807 g/mol. The van der Waals surface area contributed by atoms with Crippen molar-refractivity contribution in [3.05, 3.63) is 249 Å². The summed E-state index contributed by atoms with van der Waals surface area (Å²) in [5, 5.41) is 2.63. The lowest BCUT2D eigenvalue weighted by Gasteiger charge is -2.29. The third-order valence-electron chi connectivity index (χ3n) is 11.9. The minimum atomic E-state index is 1.08. The van der Waals surface area contributed by atoms with E-state index in [0.29, 0.717) is 0 Å². The molecule has 1 aromatic heterocycles. The first-order valence-electron chi connectivity index (χ1n) is 21.2. The average molecular weight is 808 g/mol. The van der Waals surface area contributed by atoms with Crippen molar-refractivity contribution in [2.75, 3.05) is 4.90 Å². The zero-order valence-electron chi connectivity index (χ0n) is 34.0. The smallest absolute Gasteiger partial charge is 0.0540 e. The fraction of sp³-hybridized carbons (Fsp3) is 0. The van der Waals surface area contributed by atoms with Gasteiger partial charge >= 0.3 is 0 Å². The van der Waals surface area contributed by atoms with Crippen LogP contribution in [0.1, 0.15) is 0 Å². The van der Waals surface area contributed by atoms with E-state index in [-0.39, 0.29) is 0 Å². The Balaban J connectivity index is 1.03. The maximum Gasteiger partial charge on any atom is 0.0540 e. The highest BCUT2D eigenvalue weighted by Gasteiger charge is 2.21. The highest BCUT2D eigenvalue weighted by atomic mass is 32.1. The van der Waals surface area contributed by atoms with Crippen LogP contribution in [0.3, 0.4) is 0 Å². The SMILES string of the molecule is c1ccc(-c2cccc(-c3ccc(N(c4ccc(-c5ccc6sc7ccccc7c6c5)cc4)c4ccccc4-c4ccccc4-c4ccccc4-c4ccccc4)cc3)c2)cc1. The van der Waals surface area contributed by atoms with Gasteiger partial charge in [0.1, 0.15) is 0 Å². The van der Waals surface area contributed by atoms with Gasteiger partial charge < -0.3 is 4.90 Å². The third-order valence-corrected chi connectivity index (χ3v) is 13.1. The molecule has 0 saturated carbocycles. The molecule has 0 radical (unpaired) electrons. The van der Waals surface area contributed by atoms with Gasteiger partial charge in [0.2, 0.25) is 0 Å². The van der Waals surface area contributed by atoms with E-state index < -0.39 is 0 Å². The summed E-state index contributed by atoms with van der Waals surface area (Å²) in [6.07, 6.45) is 0. The molecule has 0 aliphatic heterocycles. The summed E-state index contributed by atoms with van der Waals surface area (Å²) < 4.78 is 2.64. The molecule has 0 atom stereocenters. The van der Waals surface area contributed by atoms with Crippen molar-refractivity contribution in [1.29, 1.82) is 0 Å². The molecule has 62 heavy (non-hydrogen) atoms. The van der Waals surface area contributed by atoms with E-state index in [0.717, 1.165) is 22.6 Å². The van der Waals surface area contributed by atoms with Gasteiger partial charge in [0.05, 0.1) is 5.69 Å². The normalized spacial score (nSPS) is 11.2. The predicted molar refractivity (Wildman–Crippen MR) is 267 cm³/mol. The molecule has 0 unspecified atom stereocenters. The molecule has 0 aliphatic rings. The van der Waals surface area contributed by atoms with E-state index >= 15 is 0 Å². The Kier molecular flexibility index (Phi) is 9.82. The van der Waals surface area contributed by atoms with E-state index in [9.17, 15) is 0 Å². The lowest BCUT2D eigenvalue weighted by atomic mass is 9.88. The molecule has 0 bridgehead atoms. The Bertz CT molecular complexity index is 3330. The number of hydrogen-bond donors (Lipinski definition) is 0. The second kappa shape index (κ2) is 16.3. The van der Waals surface area contributed by atoms with Crippen LogP contribution in [0, 0.1) is 0 Å². The zero-order valence-corrected chi connectivity index (χ0v) is 34.8. The summed E-state index contributed by atoms with van der Waals surface area (Å²) in [5.41, 5.74) is 17.6. The predicted octanol–water partition coefficient (Wildman–Crippen LogP) is 17.5. The summed E-state index contributed by atoms with van der Waals surface area (Å²) in [4.78, 5) is 2.42. The lowest BCUT2D eigenvalue weighted by molar-refractivity contribution is 1.28. The zero-order chi connectivity index (χ0) is 41.2. The first-order valence-corrected chi connectivity index (χ1v) is 22.0. The first kappa shape index (κ1) is 37.2. The molecule has 10 aromatic carbocycles. The second-order valence-electron chi connectivity index (χ2n) is 15.7. The molecule has 1 nitrogen and oxygen atoms in total. The average Bonchev–Trinajstić information content (AvgIpc) is 3.73. The maximum atomic E-state index is 2.42. The van der Waals surface area contributed by atoms with Crippen molar-refractivity contribution in [1.82, 2.24) is 0 Å². The minimum absolute atomic E-state index is 1.08. The Morgan fingerprint density at radius 3 is 1.31 bits per heavy atom. The Hall–Kier alpha value is -7.78. The van der Waals surface area contributed by atoms with Gasteiger partial charge in [-0.05, 0) is 116 Å². The van der Waals surface area contributed by atoms with Crippen LogP contribution in [0.25, 0.3) is 86.9 Å². The maximum absolute atomic E-state index is 2.42. The van der Waals surface area contributed by atoms with Crippen LogP contribution in [-0.4, -0.2) is 0 Å². The molecule has 0 amide bonds. The van der Waals surface area contributed by atoms with Gasteiger partial charge in [-0.2, -0.15) is 0 Å². The summed E-state index contributed by atoms with van der Waals surface area (Å²) in [7, 11) is 0. The van der Waals surface area contributed by atoms with Gasteiger partial charge in [0, 0.05) is 37.1 Å². The molecule has 292 valence electrons. The van der Waals surface area contributed by atoms with Crippen LogP contribution in [0.15, 0.2) is 249 Å². The molecule has 0 spiro atoms. The number of rotatable bonds is 9. The number of hydrogen-bond acceptors (Lipinski definition) is 2. The standard InChI is InChI=1S/C60H41NS/c1-3-16-42(17-4-1)46-20-15-21-47(40-46)43-30-35-49(36-31-43)61(50-37-32-44(33-38-50)48-34-39-60-57(41-48)56-27-12-14-29-59(56)62-60)58-28-13-11-26-55(58)54-25-10-9-24-53(54)52-23-8-7-22-51(52)45-18-5-2-6-19-45/h1-41H. The van der Waals surface area contributed by atoms with Gasteiger partial charge in [-0.25, -0.2) is 0 Å². The number of benzene rings is 10. The number of thiophene rings is 1. The van der Waals surface area contributed by atoms with Crippen LogP contribution >= 0.6 is 11.3 Å². The van der Waals surface area contributed by atoms with Gasteiger partial charge in [0.15, 0.2) is 0 Å². The second-order valence-corrected chi connectivity index (χ2v) is 16.7. The molecule has 0 saturated heterocycles. The first-order chi connectivity index (χ1) is 30.7. The summed E-state index contributed by atoms with van der Waals surface area (Å²) in [6.45, 7) is 0. The van der Waals surface area contributed by atoms with Crippen molar-refractivity contribution in [3.63, 3.8) is 0 Å². The van der Waals surface area contributed by atoms with Crippen molar-refractivity contribution in [2.45, 2.75) is 0 Å². The van der Waals surface area contributed by atoms with E-state index in [4.69, 9.17) is 0 Å². The van der Waals surface area contributed by atoms with Crippen molar-refractivity contribution >= 4 is 48.6 Å². The van der Waals surface area contributed by atoms with Crippen molar-refractivity contribution in [2.24, 2.45) is 0 Å². The van der Waals surface area contributed by atoms with Crippen LogP contribution in [-0.2, 0) is 0 Å². The Morgan fingerprint density at radius 1 is 0.242 bits per heavy atom. The molecule has 1 heterocycles. The third kappa shape index (κ3) is 7.07. The van der Waals surface area contributed by atoms with E-state index in [2.05, 4.69) is 254 Å². The van der Waals surface area contributed by atoms with Crippen LogP contribution in [0.5, 0.6) is 0 Å². The minimum Gasteiger partial charge on any atom is -0.310 e. The molecule has 0 N–H and O–H groups in total. The van der Waals surface area contributed by atoms with Crippen molar-refractivity contribution < 1.29 is 0 Å². The van der Waals surface area contributed by atoms with Gasteiger partial charge in [0.25, 0.3) is 0 Å². The number of para-hydroxylation sites is 1. The van der Waals surface area contributed by atoms with Gasteiger partial charge in [-0.3, -0.25) is 0 Å². The fourth-order valence-electron chi connectivity index (χ4n) is 8.88. The Morgan fingerprint density at radius 2 is 0.661 bits per heavy atom. The van der Waals surface area contributed by atoms with Crippen LogP contribution < -0.4 is 4.90 Å².